The van der Waals surface area contributed by atoms with Gasteiger partial charge < -0.3 is 29.2 Å². The van der Waals surface area contributed by atoms with E-state index in [0.717, 1.165) is 25.7 Å². The topological polar surface area (TPSA) is 112 Å². The van der Waals surface area contributed by atoms with E-state index >= 15 is 0 Å². The highest BCUT2D eigenvalue weighted by Crippen LogP contribution is 2.51. The van der Waals surface area contributed by atoms with E-state index in [0.29, 0.717) is 13.2 Å². The zero-order chi connectivity index (χ0) is 23.3. The molecule has 2 unspecified atom stereocenters. The van der Waals surface area contributed by atoms with E-state index in [1.54, 1.807) is 27.7 Å². The molecule has 0 spiro atoms. The molecule has 0 aromatic carbocycles. The van der Waals surface area contributed by atoms with Crippen LogP contribution in [0.25, 0.3) is 0 Å². The molecule has 0 aromatic heterocycles. The molecule has 2 N–H and O–H groups in total. The molecule has 0 saturated carbocycles. The van der Waals surface area contributed by atoms with Crippen LogP contribution < -0.4 is 0 Å². The monoisotopic (exact) mass is 434 g/mol. The maximum absolute atomic E-state index is 12.9. The molecule has 0 radical (unpaired) electrons. The predicted octanol–water partition coefficient (Wildman–Crippen LogP) is 4.45. The fraction of sp³-hybridized carbons (Fsp3) is 0.909. The highest BCUT2D eigenvalue weighted by molar-refractivity contribution is 5.77. The van der Waals surface area contributed by atoms with Crippen molar-refractivity contribution in [3.8, 4) is 0 Å². The van der Waals surface area contributed by atoms with Gasteiger partial charge in [0, 0.05) is 19.6 Å². The molecule has 30 heavy (non-hydrogen) atoms. The molecule has 178 valence electrons. The number of rotatable bonds is 19. The minimum absolute atomic E-state index is 0.0418. The molecule has 8 nitrogen and oxygen atoms in total. The first-order chi connectivity index (χ1) is 14.1. The molecule has 0 saturated heterocycles. The maximum Gasteiger partial charge on any atom is 0.320 e. The van der Waals surface area contributed by atoms with Gasteiger partial charge in [0.1, 0.15) is 0 Å². The second kappa shape index (κ2) is 14.0. The number of unbranched alkanes of at least 4 members (excludes halogenated alkanes) is 2. The van der Waals surface area contributed by atoms with Gasteiger partial charge in [-0.3, -0.25) is 9.59 Å². The number of carboxylic acid groups (broad SMARTS) is 2. The van der Waals surface area contributed by atoms with Crippen LogP contribution >= 0.6 is 0 Å². The highest BCUT2D eigenvalue weighted by atomic mass is 16.7. The van der Waals surface area contributed by atoms with Gasteiger partial charge in [0.15, 0.2) is 17.0 Å². The first kappa shape index (κ1) is 28.8. The Balaban J connectivity index is 6.49. The normalized spacial score (nSPS) is 17.7. The zero-order valence-corrected chi connectivity index (χ0v) is 19.6. The summed E-state index contributed by atoms with van der Waals surface area (Å²) in [4.78, 5) is 24.1. The summed E-state index contributed by atoms with van der Waals surface area (Å²) >= 11 is 0. The van der Waals surface area contributed by atoms with Gasteiger partial charge in [0.25, 0.3) is 0 Å². The lowest BCUT2D eigenvalue weighted by Crippen LogP contribution is -2.67. The summed E-state index contributed by atoms with van der Waals surface area (Å²) in [6.45, 7) is 11.8. The minimum Gasteiger partial charge on any atom is -0.481 e. The summed E-state index contributed by atoms with van der Waals surface area (Å²) < 4.78 is 24.1. The number of hydrogen-bond donors (Lipinski definition) is 2. The van der Waals surface area contributed by atoms with E-state index in [1.165, 1.54) is 0 Å². The third-order valence-electron chi connectivity index (χ3n) is 5.45. The van der Waals surface area contributed by atoms with Crippen LogP contribution in [0.15, 0.2) is 0 Å². The standard InChI is InChI=1S/C22H42O8/c1-7-11-16-29-20(5,27-9-3)22(19(25)26,15-13-14-18(23)24)21(6,28-10-4)30-17-12-8-2/h7-17H2,1-6H3,(H,23,24)(H,25,26). The van der Waals surface area contributed by atoms with Crippen LogP contribution in [0.2, 0.25) is 0 Å². The Morgan fingerprint density at radius 2 is 1.17 bits per heavy atom. The Labute approximate surface area is 181 Å². The molecule has 2 atom stereocenters. The van der Waals surface area contributed by atoms with Crippen LogP contribution in [-0.4, -0.2) is 60.2 Å². The van der Waals surface area contributed by atoms with Crippen molar-refractivity contribution >= 4 is 11.9 Å². The Hall–Kier alpha value is -1.22. The van der Waals surface area contributed by atoms with Crippen LogP contribution in [0.4, 0.5) is 0 Å². The molecule has 0 aliphatic heterocycles. The van der Waals surface area contributed by atoms with Gasteiger partial charge in [0.05, 0.1) is 13.2 Å². The van der Waals surface area contributed by atoms with Crippen molar-refractivity contribution in [3.05, 3.63) is 0 Å². The molecular formula is C22H42O8. The number of aliphatic carboxylic acids is 2. The molecule has 0 aromatic rings. The summed E-state index contributed by atoms with van der Waals surface area (Å²) in [6.07, 6.45) is 3.10. The van der Waals surface area contributed by atoms with Gasteiger partial charge in [0.2, 0.25) is 0 Å². The average molecular weight is 435 g/mol. The molecule has 0 bridgehead atoms. The van der Waals surface area contributed by atoms with Crippen LogP contribution in [0, 0.1) is 5.41 Å². The average Bonchev–Trinajstić information content (AvgIpc) is 2.65. The van der Waals surface area contributed by atoms with Crippen molar-refractivity contribution in [3.63, 3.8) is 0 Å². The summed E-state index contributed by atoms with van der Waals surface area (Å²) in [5.74, 6) is -5.37. The van der Waals surface area contributed by atoms with Crippen LogP contribution in [-0.2, 0) is 28.5 Å². The third kappa shape index (κ3) is 7.18. The van der Waals surface area contributed by atoms with E-state index in [1.807, 2.05) is 13.8 Å². The second-order valence-corrected chi connectivity index (χ2v) is 7.62. The Bertz CT molecular complexity index is 483. The minimum atomic E-state index is -1.79. The molecule has 0 aliphatic carbocycles. The van der Waals surface area contributed by atoms with Gasteiger partial charge >= 0.3 is 11.9 Å². The number of carbonyl (C=O) groups is 2. The smallest absolute Gasteiger partial charge is 0.320 e. The molecular weight excluding hydrogens is 392 g/mol. The van der Waals surface area contributed by atoms with E-state index < -0.39 is 28.9 Å². The SMILES string of the molecule is CCCCOC(C)(OCC)C(CCCC(=O)O)(C(=O)O)C(C)(OCC)OCCCC. The lowest BCUT2D eigenvalue weighted by atomic mass is 9.68. The highest BCUT2D eigenvalue weighted by Gasteiger charge is 2.68. The molecule has 0 aliphatic rings. The summed E-state index contributed by atoms with van der Waals surface area (Å²) in [6, 6.07) is 0. The number of carboxylic acids is 2. The lowest BCUT2D eigenvalue weighted by Gasteiger charge is -2.53. The fourth-order valence-corrected chi connectivity index (χ4v) is 3.82. The Kier molecular flexibility index (Phi) is 13.4. The van der Waals surface area contributed by atoms with Crippen molar-refractivity contribution in [2.45, 2.75) is 98.1 Å². The van der Waals surface area contributed by atoms with Gasteiger partial charge in [-0.2, -0.15) is 0 Å². The molecule has 8 heteroatoms. The molecule has 0 heterocycles. The summed E-state index contributed by atoms with van der Waals surface area (Å²) in [5, 5.41) is 19.7. The zero-order valence-electron chi connectivity index (χ0n) is 19.6. The van der Waals surface area contributed by atoms with Gasteiger partial charge in [-0.25, -0.2) is 0 Å². The van der Waals surface area contributed by atoms with Crippen LogP contribution in [0.1, 0.15) is 86.5 Å². The van der Waals surface area contributed by atoms with E-state index in [9.17, 15) is 14.7 Å². The van der Waals surface area contributed by atoms with E-state index in [2.05, 4.69) is 0 Å². The number of hydrogen-bond acceptors (Lipinski definition) is 6. The summed E-state index contributed by atoms with van der Waals surface area (Å²) in [5.41, 5.74) is -1.79. The largest absolute Gasteiger partial charge is 0.481 e. The lowest BCUT2D eigenvalue weighted by molar-refractivity contribution is -0.378. The fourth-order valence-electron chi connectivity index (χ4n) is 3.82. The molecule has 0 rings (SSSR count). The predicted molar refractivity (Wildman–Crippen MR) is 113 cm³/mol. The van der Waals surface area contributed by atoms with Gasteiger partial charge in [-0.1, -0.05) is 26.7 Å². The molecule has 0 fully saturated rings. The Morgan fingerprint density at radius 3 is 1.47 bits per heavy atom. The van der Waals surface area contributed by atoms with Crippen LogP contribution in [0.5, 0.6) is 0 Å². The van der Waals surface area contributed by atoms with E-state index in [-0.39, 0.29) is 32.5 Å². The van der Waals surface area contributed by atoms with Crippen molar-refractivity contribution in [1.29, 1.82) is 0 Å². The maximum atomic E-state index is 12.9. The van der Waals surface area contributed by atoms with Crippen molar-refractivity contribution in [2.24, 2.45) is 5.41 Å². The van der Waals surface area contributed by atoms with Crippen molar-refractivity contribution in [2.75, 3.05) is 26.4 Å². The second-order valence-electron chi connectivity index (χ2n) is 7.62. The molecule has 0 amide bonds. The first-order valence-corrected chi connectivity index (χ1v) is 11.1. The third-order valence-corrected chi connectivity index (χ3v) is 5.45. The van der Waals surface area contributed by atoms with E-state index in [4.69, 9.17) is 24.1 Å². The Morgan fingerprint density at radius 1 is 0.733 bits per heavy atom. The quantitative estimate of drug-likeness (QED) is 0.226. The summed E-state index contributed by atoms with van der Waals surface area (Å²) in [7, 11) is 0. The van der Waals surface area contributed by atoms with Gasteiger partial charge in [-0.05, 0) is 53.4 Å². The van der Waals surface area contributed by atoms with Gasteiger partial charge in [-0.15, -0.1) is 0 Å². The van der Waals surface area contributed by atoms with Crippen LogP contribution in [0.3, 0.4) is 0 Å². The first-order valence-electron chi connectivity index (χ1n) is 11.1. The van der Waals surface area contributed by atoms with Crippen molar-refractivity contribution in [1.82, 2.24) is 0 Å². The number of ether oxygens (including phenoxy) is 4. The van der Waals surface area contributed by atoms with Crippen molar-refractivity contribution < 1.29 is 38.7 Å².